The standard InChI is InChI=1S/C18H21BrN4O3/c1-10(2)14(22-17(25)26)15(24)23-18(7-8-18)16-20-9-13(21-16)11-3-5-12(19)6-4-11/h3-6,9-10,14,22H,7-8H2,1-2H3,(H,20,21)(H,23,24)(H,25,26). The number of carbonyl (C=O) groups is 2. The maximum atomic E-state index is 12.6. The van der Waals surface area contributed by atoms with E-state index in [1.54, 1.807) is 20.0 Å². The summed E-state index contributed by atoms with van der Waals surface area (Å²) in [7, 11) is 0. The summed E-state index contributed by atoms with van der Waals surface area (Å²) in [6, 6.07) is 7.06. The lowest BCUT2D eigenvalue weighted by Crippen LogP contribution is -2.52. The molecule has 1 aromatic carbocycles. The van der Waals surface area contributed by atoms with Gasteiger partial charge < -0.3 is 20.7 Å². The molecule has 1 aliphatic carbocycles. The minimum absolute atomic E-state index is 0.156. The van der Waals surface area contributed by atoms with Gasteiger partial charge in [0.05, 0.1) is 17.4 Å². The predicted molar refractivity (Wildman–Crippen MR) is 101 cm³/mol. The molecule has 2 amide bonds. The van der Waals surface area contributed by atoms with E-state index in [0.717, 1.165) is 28.6 Å². The van der Waals surface area contributed by atoms with Gasteiger partial charge in [0.2, 0.25) is 5.91 Å². The van der Waals surface area contributed by atoms with Gasteiger partial charge in [-0.05, 0) is 36.5 Å². The van der Waals surface area contributed by atoms with Gasteiger partial charge in [-0.2, -0.15) is 0 Å². The highest BCUT2D eigenvalue weighted by Crippen LogP contribution is 2.44. The molecule has 0 aliphatic heterocycles. The summed E-state index contributed by atoms with van der Waals surface area (Å²) in [6.07, 6.45) is 2.08. The molecule has 1 unspecified atom stereocenters. The van der Waals surface area contributed by atoms with Crippen LogP contribution in [0.1, 0.15) is 32.5 Å². The van der Waals surface area contributed by atoms with E-state index in [1.165, 1.54) is 0 Å². The summed E-state index contributed by atoms with van der Waals surface area (Å²) in [5.74, 6) is 0.208. The maximum Gasteiger partial charge on any atom is 0.405 e. The van der Waals surface area contributed by atoms with Crippen LogP contribution in [0.4, 0.5) is 4.79 Å². The second-order valence-electron chi connectivity index (χ2n) is 6.89. The van der Waals surface area contributed by atoms with Crippen LogP contribution in [0.25, 0.3) is 11.3 Å². The summed E-state index contributed by atoms with van der Waals surface area (Å²) in [4.78, 5) is 31.3. The number of nitrogens with zero attached hydrogens (tertiary/aromatic N) is 1. The normalized spacial score (nSPS) is 16.2. The van der Waals surface area contributed by atoms with E-state index in [4.69, 9.17) is 5.11 Å². The minimum atomic E-state index is -1.21. The van der Waals surface area contributed by atoms with Crippen molar-refractivity contribution in [2.45, 2.75) is 38.3 Å². The van der Waals surface area contributed by atoms with Crippen LogP contribution in [-0.2, 0) is 10.3 Å². The first-order chi connectivity index (χ1) is 12.3. The molecule has 1 heterocycles. The van der Waals surface area contributed by atoms with Gasteiger partial charge in [0.15, 0.2) is 0 Å². The fraction of sp³-hybridized carbons (Fsp3) is 0.389. The van der Waals surface area contributed by atoms with E-state index < -0.39 is 17.7 Å². The molecular formula is C18H21BrN4O3. The number of amides is 2. The van der Waals surface area contributed by atoms with Gasteiger partial charge in [0.1, 0.15) is 11.9 Å². The van der Waals surface area contributed by atoms with E-state index in [2.05, 4.69) is 36.5 Å². The van der Waals surface area contributed by atoms with Crippen LogP contribution in [-0.4, -0.2) is 33.1 Å². The van der Waals surface area contributed by atoms with Crippen LogP contribution in [0, 0.1) is 5.92 Å². The largest absolute Gasteiger partial charge is 0.465 e. The monoisotopic (exact) mass is 420 g/mol. The molecule has 1 saturated carbocycles. The molecule has 1 aliphatic rings. The Morgan fingerprint density at radius 2 is 1.92 bits per heavy atom. The second kappa shape index (κ2) is 7.11. The van der Waals surface area contributed by atoms with Crippen LogP contribution in [0.3, 0.4) is 0 Å². The zero-order chi connectivity index (χ0) is 18.9. The topological polar surface area (TPSA) is 107 Å². The third kappa shape index (κ3) is 3.90. The van der Waals surface area contributed by atoms with Gasteiger partial charge in [-0.3, -0.25) is 4.79 Å². The second-order valence-corrected chi connectivity index (χ2v) is 7.81. The van der Waals surface area contributed by atoms with E-state index >= 15 is 0 Å². The molecule has 0 spiro atoms. The predicted octanol–water partition coefficient (Wildman–Crippen LogP) is 3.24. The van der Waals surface area contributed by atoms with Gasteiger partial charge in [-0.1, -0.05) is 41.9 Å². The number of benzene rings is 1. The summed E-state index contributed by atoms with van der Waals surface area (Å²) in [5, 5.41) is 14.2. The SMILES string of the molecule is CC(C)C(NC(=O)O)C(=O)NC1(c2ncc(-c3ccc(Br)cc3)[nH]2)CC1. The molecule has 0 saturated heterocycles. The number of rotatable bonds is 6. The van der Waals surface area contributed by atoms with Crippen molar-refractivity contribution in [2.24, 2.45) is 5.92 Å². The first kappa shape index (κ1) is 18.4. The Labute approximate surface area is 159 Å². The number of hydrogen-bond donors (Lipinski definition) is 4. The number of hydrogen-bond acceptors (Lipinski definition) is 3. The lowest BCUT2D eigenvalue weighted by molar-refractivity contribution is -0.125. The molecule has 0 radical (unpaired) electrons. The summed E-state index contributed by atoms with van der Waals surface area (Å²) in [6.45, 7) is 3.61. The Morgan fingerprint density at radius 1 is 1.27 bits per heavy atom. The lowest BCUT2D eigenvalue weighted by Gasteiger charge is -2.23. The van der Waals surface area contributed by atoms with Crippen molar-refractivity contribution >= 4 is 27.9 Å². The highest BCUT2D eigenvalue weighted by molar-refractivity contribution is 9.10. The third-order valence-electron chi connectivity index (χ3n) is 4.52. The molecule has 1 aromatic heterocycles. The van der Waals surface area contributed by atoms with Crippen molar-refractivity contribution in [3.8, 4) is 11.3 Å². The highest BCUT2D eigenvalue weighted by atomic mass is 79.9. The Bertz CT molecular complexity index is 812. The smallest absolute Gasteiger partial charge is 0.405 e. The van der Waals surface area contributed by atoms with E-state index in [-0.39, 0.29) is 11.8 Å². The van der Waals surface area contributed by atoms with Gasteiger partial charge in [0, 0.05) is 4.47 Å². The molecule has 2 aromatic rings. The summed E-state index contributed by atoms with van der Waals surface area (Å²) in [5.41, 5.74) is 1.33. The van der Waals surface area contributed by atoms with Crippen molar-refractivity contribution < 1.29 is 14.7 Å². The molecule has 1 atom stereocenters. The molecule has 26 heavy (non-hydrogen) atoms. The van der Waals surface area contributed by atoms with Crippen LogP contribution >= 0.6 is 15.9 Å². The van der Waals surface area contributed by atoms with E-state index in [1.807, 2.05) is 24.3 Å². The van der Waals surface area contributed by atoms with Gasteiger partial charge >= 0.3 is 6.09 Å². The van der Waals surface area contributed by atoms with Crippen LogP contribution in [0.5, 0.6) is 0 Å². The maximum absolute atomic E-state index is 12.6. The molecule has 8 heteroatoms. The van der Waals surface area contributed by atoms with Gasteiger partial charge in [0.25, 0.3) is 0 Å². The van der Waals surface area contributed by atoms with Crippen molar-refractivity contribution in [3.05, 3.63) is 40.8 Å². The number of aromatic nitrogens is 2. The van der Waals surface area contributed by atoms with Crippen LogP contribution in [0.2, 0.25) is 0 Å². The van der Waals surface area contributed by atoms with Crippen molar-refractivity contribution in [2.75, 3.05) is 0 Å². The third-order valence-corrected chi connectivity index (χ3v) is 5.05. The van der Waals surface area contributed by atoms with Crippen LogP contribution < -0.4 is 10.6 Å². The van der Waals surface area contributed by atoms with E-state index in [0.29, 0.717) is 5.82 Å². The Hall–Kier alpha value is -2.35. The zero-order valence-electron chi connectivity index (χ0n) is 14.5. The minimum Gasteiger partial charge on any atom is -0.465 e. The fourth-order valence-electron chi connectivity index (χ4n) is 2.87. The fourth-order valence-corrected chi connectivity index (χ4v) is 3.13. The molecule has 138 valence electrons. The average Bonchev–Trinajstić information content (AvgIpc) is 3.18. The number of H-pyrrole nitrogens is 1. The number of aromatic amines is 1. The summed E-state index contributed by atoms with van der Waals surface area (Å²) >= 11 is 3.41. The zero-order valence-corrected chi connectivity index (χ0v) is 16.1. The molecule has 3 rings (SSSR count). The molecular weight excluding hydrogens is 400 g/mol. The first-order valence-corrected chi connectivity index (χ1v) is 9.23. The molecule has 7 nitrogen and oxygen atoms in total. The first-order valence-electron chi connectivity index (χ1n) is 8.44. The Balaban J connectivity index is 1.76. The number of nitrogens with one attached hydrogen (secondary N) is 3. The lowest BCUT2D eigenvalue weighted by atomic mass is 10.0. The van der Waals surface area contributed by atoms with Gasteiger partial charge in [-0.25, -0.2) is 9.78 Å². The quantitative estimate of drug-likeness (QED) is 0.575. The Morgan fingerprint density at radius 3 is 2.46 bits per heavy atom. The van der Waals surface area contributed by atoms with Crippen molar-refractivity contribution in [1.82, 2.24) is 20.6 Å². The Kier molecular flexibility index (Phi) is 5.04. The molecule has 1 fully saturated rings. The summed E-state index contributed by atoms with van der Waals surface area (Å²) < 4.78 is 0.998. The molecule has 4 N–H and O–H groups in total. The van der Waals surface area contributed by atoms with Crippen molar-refractivity contribution in [1.29, 1.82) is 0 Å². The van der Waals surface area contributed by atoms with E-state index in [9.17, 15) is 9.59 Å². The average molecular weight is 421 g/mol. The van der Waals surface area contributed by atoms with Gasteiger partial charge in [-0.15, -0.1) is 0 Å². The van der Waals surface area contributed by atoms with Crippen LogP contribution in [0.15, 0.2) is 34.9 Å². The number of halogens is 1. The number of carbonyl (C=O) groups excluding carboxylic acids is 1. The molecule has 0 bridgehead atoms. The van der Waals surface area contributed by atoms with Crippen molar-refractivity contribution in [3.63, 3.8) is 0 Å². The number of carboxylic acid groups (broad SMARTS) is 1. The highest BCUT2D eigenvalue weighted by Gasteiger charge is 2.49. The number of imidazole rings is 1.